The van der Waals surface area contributed by atoms with Crippen molar-refractivity contribution >= 4 is 17.2 Å². The van der Waals surface area contributed by atoms with Crippen molar-refractivity contribution in [2.75, 3.05) is 27.2 Å². The maximum absolute atomic E-state index is 12.3. The SMILES string of the molecule is CC(=O)N(Cc1ccsc1)C1CC12CCN(Cc1cc(CN(C)C)on1)CC2. The highest BCUT2D eigenvalue weighted by atomic mass is 32.1. The summed E-state index contributed by atoms with van der Waals surface area (Å²) in [7, 11) is 4.06. The van der Waals surface area contributed by atoms with Crippen LogP contribution in [0.3, 0.4) is 0 Å². The second-order valence-electron chi connectivity index (χ2n) is 8.66. The molecule has 1 aliphatic carbocycles. The highest BCUT2D eigenvalue weighted by Gasteiger charge is 2.58. The summed E-state index contributed by atoms with van der Waals surface area (Å²) in [4.78, 5) is 18.9. The molecule has 2 aliphatic rings. The van der Waals surface area contributed by atoms with Crippen LogP contribution in [-0.4, -0.2) is 59.0 Å². The predicted molar refractivity (Wildman–Crippen MR) is 110 cm³/mol. The topological polar surface area (TPSA) is 52.8 Å². The van der Waals surface area contributed by atoms with E-state index in [2.05, 4.69) is 42.7 Å². The van der Waals surface area contributed by atoms with E-state index in [1.807, 2.05) is 14.1 Å². The Morgan fingerprint density at radius 1 is 1.36 bits per heavy atom. The molecule has 0 bridgehead atoms. The Kier molecular flexibility index (Phi) is 5.58. The maximum atomic E-state index is 12.3. The van der Waals surface area contributed by atoms with E-state index in [1.54, 1.807) is 18.3 Å². The summed E-state index contributed by atoms with van der Waals surface area (Å²) < 4.78 is 5.43. The van der Waals surface area contributed by atoms with Crippen LogP contribution in [0.1, 0.15) is 43.2 Å². The van der Waals surface area contributed by atoms with E-state index in [9.17, 15) is 4.79 Å². The van der Waals surface area contributed by atoms with Crippen molar-refractivity contribution in [3.8, 4) is 0 Å². The number of carbonyl (C=O) groups is 1. The van der Waals surface area contributed by atoms with Crippen molar-refractivity contribution in [3.63, 3.8) is 0 Å². The molecule has 1 atom stereocenters. The van der Waals surface area contributed by atoms with Gasteiger partial charge in [0.2, 0.25) is 5.91 Å². The fraction of sp³-hybridized carbons (Fsp3) is 0.619. The van der Waals surface area contributed by atoms with Gasteiger partial charge in [0.1, 0.15) is 0 Å². The molecule has 1 amide bonds. The fourth-order valence-corrected chi connectivity index (χ4v) is 5.19. The van der Waals surface area contributed by atoms with E-state index in [0.717, 1.165) is 63.4 Å². The Balaban J connectivity index is 1.30. The maximum Gasteiger partial charge on any atom is 0.220 e. The van der Waals surface area contributed by atoms with Gasteiger partial charge in [-0.05, 0) is 74.3 Å². The van der Waals surface area contributed by atoms with Gasteiger partial charge in [-0.2, -0.15) is 11.3 Å². The number of amides is 1. The van der Waals surface area contributed by atoms with Crippen LogP contribution < -0.4 is 0 Å². The van der Waals surface area contributed by atoms with Crippen molar-refractivity contribution in [1.82, 2.24) is 19.9 Å². The lowest BCUT2D eigenvalue weighted by molar-refractivity contribution is -0.130. The van der Waals surface area contributed by atoms with Gasteiger partial charge in [-0.1, -0.05) is 5.16 Å². The largest absolute Gasteiger partial charge is 0.360 e. The van der Waals surface area contributed by atoms with E-state index in [1.165, 1.54) is 5.56 Å². The third-order valence-electron chi connectivity index (χ3n) is 6.18. The molecule has 2 fully saturated rings. The van der Waals surface area contributed by atoms with Crippen LogP contribution in [-0.2, 0) is 24.4 Å². The van der Waals surface area contributed by atoms with Crippen LogP contribution >= 0.6 is 11.3 Å². The molecule has 7 heteroatoms. The van der Waals surface area contributed by atoms with Gasteiger partial charge in [-0.25, -0.2) is 0 Å². The molecule has 0 radical (unpaired) electrons. The van der Waals surface area contributed by atoms with Crippen molar-refractivity contribution in [1.29, 1.82) is 0 Å². The standard InChI is InChI=1S/C21H30N4O2S/c1-16(26)25(12-17-4-9-28-15-17)20-11-21(20)5-7-24(8-6-21)13-18-10-19(27-22-18)14-23(2)3/h4,9-10,15,20H,5-8,11-14H2,1-3H3. The minimum atomic E-state index is 0.200. The molecule has 1 saturated heterocycles. The van der Waals surface area contributed by atoms with Crippen LogP contribution in [0.15, 0.2) is 27.4 Å². The highest BCUT2D eigenvalue weighted by Crippen LogP contribution is 2.57. The molecule has 1 spiro atoms. The van der Waals surface area contributed by atoms with E-state index in [0.29, 0.717) is 11.5 Å². The molecule has 1 aliphatic heterocycles. The molecule has 152 valence electrons. The Labute approximate surface area is 171 Å². The number of likely N-dealkylation sites (tertiary alicyclic amines) is 1. The van der Waals surface area contributed by atoms with Crippen molar-refractivity contribution in [2.45, 2.75) is 51.9 Å². The van der Waals surface area contributed by atoms with E-state index in [-0.39, 0.29) is 5.91 Å². The number of hydrogen-bond acceptors (Lipinski definition) is 6. The number of rotatable bonds is 7. The second kappa shape index (κ2) is 7.97. The van der Waals surface area contributed by atoms with Crippen molar-refractivity contribution in [3.05, 3.63) is 39.9 Å². The lowest BCUT2D eigenvalue weighted by Gasteiger charge is -2.34. The molecule has 1 unspecified atom stereocenters. The first kappa shape index (κ1) is 19.6. The summed E-state index contributed by atoms with van der Waals surface area (Å²) in [5, 5.41) is 8.46. The van der Waals surface area contributed by atoms with E-state index in [4.69, 9.17) is 4.52 Å². The van der Waals surface area contributed by atoms with Gasteiger partial charge < -0.3 is 14.3 Å². The molecule has 4 rings (SSSR count). The second-order valence-corrected chi connectivity index (χ2v) is 9.44. The van der Waals surface area contributed by atoms with Crippen LogP contribution in [0.25, 0.3) is 0 Å². The minimum absolute atomic E-state index is 0.200. The summed E-state index contributed by atoms with van der Waals surface area (Å²) in [6.45, 7) is 6.23. The first-order chi connectivity index (χ1) is 13.4. The first-order valence-electron chi connectivity index (χ1n) is 10.0. The van der Waals surface area contributed by atoms with Crippen LogP contribution in [0, 0.1) is 5.41 Å². The van der Waals surface area contributed by atoms with Gasteiger partial charge in [0.25, 0.3) is 0 Å². The Bertz CT molecular complexity index is 793. The van der Waals surface area contributed by atoms with Crippen LogP contribution in [0.4, 0.5) is 0 Å². The molecule has 2 aromatic heterocycles. The van der Waals surface area contributed by atoms with Crippen molar-refractivity contribution < 1.29 is 9.32 Å². The first-order valence-corrected chi connectivity index (χ1v) is 11.0. The van der Waals surface area contributed by atoms with Gasteiger partial charge in [-0.15, -0.1) is 0 Å². The number of piperidine rings is 1. The van der Waals surface area contributed by atoms with Gasteiger partial charge >= 0.3 is 0 Å². The minimum Gasteiger partial charge on any atom is -0.360 e. The van der Waals surface area contributed by atoms with Gasteiger partial charge in [0.05, 0.1) is 12.2 Å². The molecule has 0 aromatic carbocycles. The lowest BCUT2D eigenvalue weighted by Crippen LogP contribution is -2.39. The average Bonchev–Trinajstić information content (AvgIpc) is 3.02. The Morgan fingerprint density at radius 3 is 2.79 bits per heavy atom. The predicted octanol–water partition coefficient (Wildman–Crippen LogP) is 3.20. The zero-order valence-electron chi connectivity index (χ0n) is 17.1. The van der Waals surface area contributed by atoms with Gasteiger partial charge in [0, 0.05) is 32.1 Å². The normalized spacial score (nSPS) is 21.4. The van der Waals surface area contributed by atoms with E-state index < -0.39 is 0 Å². The van der Waals surface area contributed by atoms with Gasteiger partial charge in [-0.3, -0.25) is 9.69 Å². The molecule has 2 aromatic rings. The molecular formula is C21H30N4O2S. The number of aromatic nitrogens is 1. The molecule has 3 heterocycles. The summed E-state index contributed by atoms with van der Waals surface area (Å²) in [6, 6.07) is 4.61. The molecular weight excluding hydrogens is 372 g/mol. The van der Waals surface area contributed by atoms with E-state index >= 15 is 0 Å². The van der Waals surface area contributed by atoms with Crippen molar-refractivity contribution in [2.24, 2.45) is 5.41 Å². The Hall–Kier alpha value is -1.70. The molecule has 1 saturated carbocycles. The average molecular weight is 403 g/mol. The van der Waals surface area contributed by atoms with Crippen LogP contribution in [0.2, 0.25) is 0 Å². The fourth-order valence-electron chi connectivity index (χ4n) is 4.53. The zero-order chi connectivity index (χ0) is 19.7. The van der Waals surface area contributed by atoms with Crippen LogP contribution in [0.5, 0.6) is 0 Å². The third kappa shape index (κ3) is 4.31. The third-order valence-corrected chi connectivity index (χ3v) is 6.91. The lowest BCUT2D eigenvalue weighted by atomic mass is 9.92. The zero-order valence-corrected chi connectivity index (χ0v) is 17.9. The quantitative estimate of drug-likeness (QED) is 0.712. The number of carbonyl (C=O) groups excluding carboxylic acids is 1. The monoisotopic (exact) mass is 402 g/mol. The smallest absolute Gasteiger partial charge is 0.220 e. The summed E-state index contributed by atoms with van der Waals surface area (Å²) in [5.74, 6) is 1.12. The Morgan fingerprint density at radius 2 is 2.14 bits per heavy atom. The molecule has 6 nitrogen and oxygen atoms in total. The highest BCUT2D eigenvalue weighted by molar-refractivity contribution is 7.07. The summed E-state index contributed by atoms with van der Waals surface area (Å²) in [6.07, 6.45) is 3.47. The summed E-state index contributed by atoms with van der Waals surface area (Å²) >= 11 is 1.70. The molecule has 28 heavy (non-hydrogen) atoms. The molecule has 0 N–H and O–H groups in total. The number of nitrogens with zero attached hydrogens (tertiary/aromatic N) is 4. The number of hydrogen-bond donors (Lipinski definition) is 0. The van der Waals surface area contributed by atoms with Gasteiger partial charge in [0.15, 0.2) is 5.76 Å². The number of thiophene rings is 1. The summed E-state index contributed by atoms with van der Waals surface area (Å²) in [5.41, 5.74) is 2.60.